The van der Waals surface area contributed by atoms with Crippen LogP contribution >= 0.6 is 0 Å². The van der Waals surface area contributed by atoms with Gasteiger partial charge in [-0.3, -0.25) is 14.4 Å². The first-order valence-electron chi connectivity index (χ1n) is 14.7. The van der Waals surface area contributed by atoms with Gasteiger partial charge in [-0.15, -0.1) is 0 Å². The zero-order valence-corrected chi connectivity index (χ0v) is 24.4. The van der Waals surface area contributed by atoms with Gasteiger partial charge in [0.05, 0.1) is 5.70 Å². The third-order valence-corrected chi connectivity index (χ3v) is 6.51. The number of carbonyl (C=O) groups excluding carboxylic acids is 3. The van der Waals surface area contributed by atoms with E-state index < -0.39 is 36.4 Å². The van der Waals surface area contributed by atoms with E-state index in [1.54, 1.807) is 5.48 Å². The van der Waals surface area contributed by atoms with Crippen molar-refractivity contribution in [1.29, 1.82) is 5.53 Å². The summed E-state index contributed by atoms with van der Waals surface area (Å²) in [4.78, 5) is 47.0. The summed E-state index contributed by atoms with van der Waals surface area (Å²) in [7, 11) is 0. The van der Waals surface area contributed by atoms with Gasteiger partial charge >= 0.3 is 5.97 Å². The highest BCUT2D eigenvalue weighted by Crippen LogP contribution is 2.13. The average Bonchev–Trinajstić information content (AvgIpc) is 2.94. The second kappa shape index (κ2) is 25.8. The summed E-state index contributed by atoms with van der Waals surface area (Å²) in [6.45, 7) is 1.78. The fourth-order valence-corrected chi connectivity index (χ4v) is 4.15. The lowest BCUT2D eigenvalue weighted by atomic mass is 10.0. The minimum atomic E-state index is -1.22. The number of primary amides is 1. The fraction of sp³-hybridized carbons (Fsp3) is 0.778. The predicted octanol–water partition coefficient (Wildman–Crippen LogP) is 3.66. The second-order valence-corrected chi connectivity index (χ2v) is 10.1. The first-order valence-corrected chi connectivity index (χ1v) is 14.7. The van der Waals surface area contributed by atoms with E-state index in [0.717, 1.165) is 19.3 Å². The third kappa shape index (κ3) is 22.3. The molecule has 8 N–H and O–H groups in total. The number of unbranched alkanes of at least 4 members (excludes halogenated alkanes) is 12. The van der Waals surface area contributed by atoms with Crippen LogP contribution in [0.25, 0.3) is 0 Å². The highest BCUT2D eigenvalue weighted by atomic mass is 19.3. The van der Waals surface area contributed by atoms with Crippen LogP contribution in [0.3, 0.4) is 0 Å². The number of nitrogens with zero attached hydrogens (tertiary/aromatic N) is 1. The van der Waals surface area contributed by atoms with E-state index in [4.69, 9.17) is 11.3 Å². The zero-order chi connectivity index (χ0) is 30.7. The van der Waals surface area contributed by atoms with Crippen LogP contribution in [-0.4, -0.2) is 54.0 Å². The summed E-state index contributed by atoms with van der Waals surface area (Å²) in [5, 5.41) is 23.4. The first-order chi connectivity index (χ1) is 19.7. The molecule has 0 saturated heterocycles. The lowest BCUT2D eigenvalue weighted by Gasteiger charge is -2.16. The van der Waals surface area contributed by atoms with Gasteiger partial charge in [0, 0.05) is 25.6 Å². The number of hydrogen-bond acceptors (Lipinski definition) is 9. The number of rotatable bonds is 28. The van der Waals surface area contributed by atoms with Gasteiger partial charge in [0.15, 0.2) is 0 Å². The number of halogens is 1. The predicted molar refractivity (Wildman–Crippen MR) is 152 cm³/mol. The lowest BCUT2D eigenvalue weighted by molar-refractivity contribution is -0.193. The number of hydroxylamine groups is 1. The van der Waals surface area contributed by atoms with E-state index in [2.05, 4.69) is 33.0 Å². The van der Waals surface area contributed by atoms with E-state index >= 15 is 0 Å². The Balaban J connectivity index is 4.23. The molecule has 0 radical (unpaired) electrons. The largest absolute Gasteiger partial charge is 0.480 e. The van der Waals surface area contributed by atoms with Crippen molar-refractivity contribution in [2.75, 3.05) is 13.1 Å². The number of aliphatic carboxylic acids is 1. The van der Waals surface area contributed by atoms with E-state index in [1.165, 1.54) is 64.0 Å². The molecule has 0 rings (SSSR count). The smallest absolute Gasteiger partial charge is 0.326 e. The number of nitrogens with one attached hydrogen (secondary N) is 5. The van der Waals surface area contributed by atoms with Gasteiger partial charge in [-0.25, -0.2) is 10.3 Å². The molecule has 13 nitrogen and oxygen atoms in total. The molecule has 0 heterocycles. The summed E-state index contributed by atoms with van der Waals surface area (Å²) in [5.41, 5.74) is 14.2. The van der Waals surface area contributed by atoms with Crippen LogP contribution in [0.15, 0.2) is 17.0 Å². The van der Waals surface area contributed by atoms with Crippen molar-refractivity contribution in [3.05, 3.63) is 11.9 Å². The van der Waals surface area contributed by atoms with Gasteiger partial charge in [0.1, 0.15) is 18.6 Å². The Morgan fingerprint density at radius 1 is 0.902 bits per heavy atom. The molecule has 0 aromatic carbocycles. The first kappa shape index (κ1) is 37.9. The van der Waals surface area contributed by atoms with E-state index in [9.17, 15) is 28.8 Å². The molecular formula is C27H50FN7O6. The van der Waals surface area contributed by atoms with Crippen molar-refractivity contribution in [1.82, 2.24) is 21.4 Å². The Morgan fingerprint density at radius 3 is 1.93 bits per heavy atom. The summed E-state index contributed by atoms with van der Waals surface area (Å²) in [5.74, 6) is -3.15. The number of carboxylic acids is 1. The highest BCUT2D eigenvalue weighted by Gasteiger charge is 2.21. The fourth-order valence-electron chi connectivity index (χ4n) is 4.15. The molecule has 0 aromatic heterocycles. The van der Waals surface area contributed by atoms with E-state index in [-0.39, 0.29) is 37.4 Å². The molecule has 0 aliphatic carbocycles. The minimum absolute atomic E-state index is 0.0436. The van der Waals surface area contributed by atoms with Crippen LogP contribution < -0.4 is 27.2 Å². The maximum Gasteiger partial charge on any atom is 0.326 e. The minimum Gasteiger partial charge on any atom is -0.480 e. The Morgan fingerprint density at radius 2 is 1.44 bits per heavy atom. The van der Waals surface area contributed by atoms with Crippen LogP contribution in [0.1, 0.15) is 110 Å². The molecule has 2 atom stereocenters. The molecule has 0 unspecified atom stereocenters. The van der Waals surface area contributed by atoms with Gasteiger partial charge in [0.25, 0.3) is 0 Å². The average molecular weight is 588 g/mol. The monoisotopic (exact) mass is 587 g/mol. The van der Waals surface area contributed by atoms with Crippen molar-refractivity contribution in [2.45, 2.75) is 122 Å². The Hall–Kier alpha value is -3.13. The molecular weight excluding hydrogens is 537 g/mol. The molecule has 0 aliphatic heterocycles. The standard InChI is InChI=1S/C27H50FN7O6/c1-2-3-4-5-6-7-8-9-10-11-12-13-14-15-24(36)33-22(27(39)40)16-17-31-19-21(35-30)18-23(26(29)38)34-25(37)20-32-41-28/h19,22-23,30-32H,2-18,20H2,1H3,(H2,29,38)(H,33,36)(H,34,37)(H,39,40)/b21-19-,35-30?/t22-,23-/m0/s1. The molecule has 0 aliphatic rings. The van der Waals surface area contributed by atoms with Crippen molar-refractivity contribution in [3.8, 4) is 0 Å². The Kier molecular flexibility index (Phi) is 23.8. The van der Waals surface area contributed by atoms with Crippen molar-refractivity contribution < 1.29 is 33.9 Å². The molecule has 0 fully saturated rings. The van der Waals surface area contributed by atoms with Gasteiger partial charge in [-0.2, -0.15) is 10.6 Å². The zero-order valence-electron chi connectivity index (χ0n) is 24.4. The van der Waals surface area contributed by atoms with Crippen molar-refractivity contribution in [3.63, 3.8) is 0 Å². The van der Waals surface area contributed by atoms with Crippen LogP contribution in [0.5, 0.6) is 0 Å². The number of amides is 3. The topological polar surface area (TPSA) is 208 Å². The lowest BCUT2D eigenvalue weighted by Crippen LogP contribution is -2.47. The van der Waals surface area contributed by atoms with Gasteiger partial charge < -0.3 is 26.8 Å². The number of nitrogens with two attached hydrogens (primary N) is 1. The molecule has 236 valence electrons. The number of hydrogen-bond donors (Lipinski definition) is 7. The molecule has 0 bridgehead atoms. The number of carboxylic acid groups (broad SMARTS) is 1. The normalized spacial score (nSPS) is 12.8. The van der Waals surface area contributed by atoms with Crippen molar-refractivity contribution >= 4 is 23.7 Å². The van der Waals surface area contributed by atoms with Crippen LogP contribution in [-0.2, 0) is 24.2 Å². The summed E-state index contributed by atoms with van der Waals surface area (Å²) in [6.07, 6.45) is 16.9. The van der Waals surface area contributed by atoms with Gasteiger partial charge in [0.2, 0.25) is 17.7 Å². The second-order valence-electron chi connectivity index (χ2n) is 10.1. The van der Waals surface area contributed by atoms with E-state index in [1.807, 2.05) is 0 Å². The molecule has 3 amide bonds. The SMILES string of the molecule is CCCCCCCCCCCCCCCC(=O)N[C@@H](CCN/C=C(/C[C@H](NC(=O)CNOF)C(N)=O)N=N)C(=O)O. The van der Waals surface area contributed by atoms with Gasteiger partial charge in [-0.1, -0.05) is 89.0 Å². The number of carbonyl (C=O) groups is 4. The maximum atomic E-state index is 12.2. The van der Waals surface area contributed by atoms with Crippen LogP contribution in [0.2, 0.25) is 0 Å². The third-order valence-electron chi connectivity index (χ3n) is 6.51. The summed E-state index contributed by atoms with van der Waals surface area (Å²) >= 11 is 0. The Bertz CT molecular complexity index is 800. The molecule has 14 heteroatoms. The Labute approximate surface area is 242 Å². The van der Waals surface area contributed by atoms with Gasteiger partial charge in [-0.05, 0) is 17.4 Å². The molecule has 41 heavy (non-hydrogen) atoms. The summed E-state index contributed by atoms with van der Waals surface area (Å²) < 4.78 is 11.6. The van der Waals surface area contributed by atoms with Crippen LogP contribution in [0.4, 0.5) is 4.53 Å². The molecule has 0 aromatic rings. The maximum absolute atomic E-state index is 12.2. The van der Waals surface area contributed by atoms with Crippen LogP contribution in [0, 0.1) is 5.53 Å². The van der Waals surface area contributed by atoms with E-state index in [0.29, 0.717) is 6.42 Å². The van der Waals surface area contributed by atoms with Crippen molar-refractivity contribution in [2.24, 2.45) is 10.8 Å². The molecule has 0 saturated carbocycles. The molecule has 0 spiro atoms. The highest BCUT2D eigenvalue weighted by molar-refractivity contribution is 5.87. The quantitative estimate of drug-likeness (QED) is 0.0407. The summed E-state index contributed by atoms with van der Waals surface area (Å²) in [6, 6.07) is -2.31.